The van der Waals surface area contributed by atoms with Gasteiger partial charge in [0.2, 0.25) is 0 Å². The Morgan fingerprint density at radius 1 is 1.38 bits per heavy atom. The van der Waals surface area contributed by atoms with E-state index in [0.29, 0.717) is 5.69 Å². The maximum Gasteiger partial charge on any atom is 0.416 e. The average molecular weight is 297 g/mol. The molecule has 0 unspecified atom stereocenters. The molecular weight excluding hydrogens is 287 g/mol. The summed E-state index contributed by atoms with van der Waals surface area (Å²) in [5.74, 6) is 0.127. The zero-order chi connectivity index (χ0) is 15.5. The number of hydrazone groups is 1. The van der Waals surface area contributed by atoms with Crippen molar-refractivity contribution in [2.24, 2.45) is 5.10 Å². The lowest BCUT2D eigenvalue weighted by Gasteiger charge is -2.06. The summed E-state index contributed by atoms with van der Waals surface area (Å²) in [6.07, 6.45) is -3.22. The number of alkyl halides is 3. The van der Waals surface area contributed by atoms with Gasteiger partial charge in [-0.2, -0.15) is 28.4 Å². The first-order chi connectivity index (χ1) is 9.86. The Morgan fingerprint density at radius 3 is 2.86 bits per heavy atom. The van der Waals surface area contributed by atoms with Crippen molar-refractivity contribution < 1.29 is 13.2 Å². The van der Waals surface area contributed by atoms with Crippen molar-refractivity contribution >= 4 is 12.0 Å². The zero-order valence-electron chi connectivity index (χ0n) is 10.8. The summed E-state index contributed by atoms with van der Waals surface area (Å²) in [5, 5.41) is 9.54. The van der Waals surface area contributed by atoms with E-state index in [0.717, 1.165) is 12.1 Å². The number of halogens is 3. The van der Waals surface area contributed by atoms with Crippen LogP contribution >= 0.6 is 0 Å². The topological polar surface area (TPSA) is 83.0 Å². The zero-order valence-corrected chi connectivity index (χ0v) is 10.8. The van der Waals surface area contributed by atoms with Gasteiger partial charge in [0.15, 0.2) is 5.82 Å². The summed E-state index contributed by atoms with van der Waals surface area (Å²) >= 11 is 0. The van der Waals surface area contributed by atoms with E-state index < -0.39 is 17.4 Å². The summed E-state index contributed by atoms with van der Waals surface area (Å²) in [7, 11) is 0. The Morgan fingerprint density at radius 2 is 2.14 bits per heavy atom. The van der Waals surface area contributed by atoms with E-state index in [2.05, 4.69) is 25.7 Å². The highest BCUT2D eigenvalue weighted by molar-refractivity contribution is 5.80. The molecule has 0 atom stereocenters. The fraction of sp³-hybridized carbons (Fsp3) is 0.167. The predicted octanol–water partition coefficient (Wildman–Crippen LogP) is 1.94. The summed E-state index contributed by atoms with van der Waals surface area (Å²) in [6, 6.07) is 4.68. The number of anilines is 1. The highest BCUT2D eigenvalue weighted by Crippen LogP contribution is 2.29. The number of hydrogen-bond donors (Lipinski definition) is 2. The Balaban J connectivity index is 2.15. The molecule has 6 nitrogen and oxygen atoms in total. The summed E-state index contributed by atoms with van der Waals surface area (Å²) in [6.45, 7) is 1.59. The molecule has 2 rings (SSSR count). The van der Waals surface area contributed by atoms with Crippen molar-refractivity contribution in [1.82, 2.24) is 15.2 Å². The Hall–Kier alpha value is -2.71. The number of benzene rings is 1. The number of rotatable bonds is 3. The molecule has 110 valence electrons. The number of H-pyrrole nitrogens is 1. The van der Waals surface area contributed by atoms with Gasteiger partial charge in [0.05, 0.1) is 11.8 Å². The van der Waals surface area contributed by atoms with E-state index in [1.54, 1.807) is 6.92 Å². The largest absolute Gasteiger partial charge is 0.416 e. The number of nitrogens with one attached hydrogen (secondary N) is 2. The van der Waals surface area contributed by atoms with Crippen LogP contribution in [0.4, 0.5) is 19.0 Å². The van der Waals surface area contributed by atoms with Gasteiger partial charge in [-0.15, -0.1) is 0 Å². The standard InChI is InChI=1S/C12H10F3N5O/c1-7-10(17-11(21)20-18-7)19-16-6-8-3-2-4-9(5-8)12(13,14)15/h2-6H,1H3,(H2,17,19,20,21)/b16-6+. The first-order valence-corrected chi connectivity index (χ1v) is 5.76. The van der Waals surface area contributed by atoms with Gasteiger partial charge in [-0.1, -0.05) is 12.1 Å². The van der Waals surface area contributed by atoms with Crippen LogP contribution in [0, 0.1) is 6.92 Å². The van der Waals surface area contributed by atoms with Crippen molar-refractivity contribution in [1.29, 1.82) is 0 Å². The minimum Gasteiger partial charge on any atom is -0.260 e. The normalized spacial score (nSPS) is 11.8. The van der Waals surface area contributed by atoms with Gasteiger partial charge < -0.3 is 0 Å². The number of hydrogen-bond acceptors (Lipinski definition) is 5. The molecule has 21 heavy (non-hydrogen) atoms. The third kappa shape index (κ3) is 3.88. The Labute approximate surface area is 116 Å². The van der Waals surface area contributed by atoms with E-state index in [1.165, 1.54) is 18.3 Å². The van der Waals surface area contributed by atoms with Gasteiger partial charge in [0, 0.05) is 0 Å². The van der Waals surface area contributed by atoms with Crippen LogP contribution in [0.25, 0.3) is 0 Å². The third-order valence-corrected chi connectivity index (χ3v) is 2.47. The first-order valence-electron chi connectivity index (χ1n) is 5.76. The number of aromatic amines is 1. The van der Waals surface area contributed by atoms with Gasteiger partial charge in [0.25, 0.3) is 0 Å². The minimum absolute atomic E-state index is 0.127. The molecule has 1 aromatic carbocycles. The van der Waals surface area contributed by atoms with Crippen LogP contribution in [0.2, 0.25) is 0 Å². The van der Waals surface area contributed by atoms with Gasteiger partial charge in [-0.3, -0.25) is 5.43 Å². The monoisotopic (exact) mass is 297 g/mol. The molecule has 0 spiro atoms. The molecule has 0 radical (unpaired) electrons. The van der Waals surface area contributed by atoms with Crippen molar-refractivity contribution in [3.05, 3.63) is 51.6 Å². The smallest absolute Gasteiger partial charge is 0.260 e. The lowest BCUT2D eigenvalue weighted by molar-refractivity contribution is -0.137. The van der Waals surface area contributed by atoms with Crippen molar-refractivity contribution in [2.45, 2.75) is 13.1 Å². The van der Waals surface area contributed by atoms with Gasteiger partial charge in [0.1, 0.15) is 5.69 Å². The molecule has 0 aliphatic heterocycles. The molecule has 0 amide bonds. The summed E-state index contributed by atoms with van der Waals surface area (Å²) < 4.78 is 37.6. The van der Waals surface area contributed by atoms with Crippen LogP contribution in [0.3, 0.4) is 0 Å². The van der Waals surface area contributed by atoms with Crippen LogP contribution in [0.15, 0.2) is 34.2 Å². The van der Waals surface area contributed by atoms with Crippen molar-refractivity contribution in [2.75, 3.05) is 5.43 Å². The fourth-order valence-electron chi connectivity index (χ4n) is 1.46. The fourth-order valence-corrected chi connectivity index (χ4v) is 1.46. The van der Waals surface area contributed by atoms with Crippen LogP contribution in [0.5, 0.6) is 0 Å². The van der Waals surface area contributed by atoms with Crippen LogP contribution in [0.1, 0.15) is 16.8 Å². The summed E-state index contributed by atoms with van der Waals surface area (Å²) in [5.41, 5.74) is 1.69. The van der Waals surface area contributed by atoms with Gasteiger partial charge >= 0.3 is 11.9 Å². The van der Waals surface area contributed by atoms with Gasteiger partial charge in [-0.05, 0) is 24.6 Å². The molecule has 0 fully saturated rings. The van der Waals surface area contributed by atoms with E-state index in [4.69, 9.17) is 0 Å². The molecular formula is C12H10F3N5O. The maximum atomic E-state index is 12.5. The second-order valence-corrected chi connectivity index (χ2v) is 4.07. The molecule has 1 aromatic heterocycles. The molecule has 0 saturated carbocycles. The molecule has 1 heterocycles. The lowest BCUT2D eigenvalue weighted by atomic mass is 10.1. The van der Waals surface area contributed by atoms with E-state index in [9.17, 15) is 18.0 Å². The average Bonchev–Trinajstić information content (AvgIpc) is 2.42. The Kier molecular flexibility index (Phi) is 4.01. The number of aromatic nitrogens is 3. The predicted molar refractivity (Wildman–Crippen MR) is 70.1 cm³/mol. The summed E-state index contributed by atoms with van der Waals surface area (Å²) in [4.78, 5) is 14.6. The first kappa shape index (κ1) is 14.7. The molecule has 9 heteroatoms. The Bertz CT molecular complexity index is 723. The maximum absolute atomic E-state index is 12.5. The highest BCUT2D eigenvalue weighted by Gasteiger charge is 2.30. The van der Waals surface area contributed by atoms with E-state index in [-0.39, 0.29) is 11.4 Å². The van der Waals surface area contributed by atoms with Crippen LogP contribution < -0.4 is 11.1 Å². The van der Waals surface area contributed by atoms with Crippen LogP contribution in [-0.2, 0) is 6.18 Å². The lowest BCUT2D eigenvalue weighted by Crippen LogP contribution is -2.15. The second-order valence-electron chi connectivity index (χ2n) is 4.07. The number of aryl methyl sites for hydroxylation is 1. The molecule has 0 aliphatic rings. The second kappa shape index (κ2) is 5.73. The van der Waals surface area contributed by atoms with Gasteiger partial charge in [-0.25, -0.2) is 9.89 Å². The number of nitrogens with zero attached hydrogens (tertiary/aromatic N) is 3. The van der Waals surface area contributed by atoms with E-state index in [1.807, 2.05) is 0 Å². The minimum atomic E-state index is -4.41. The van der Waals surface area contributed by atoms with Crippen LogP contribution in [-0.4, -0.2) is 21.4 Å². The third-order valence-electron chi connectivity index (χ3n) is 2.47. The molecule has 0 aliphatic carbocycles. The quantitative estimate of drug-likeness (QED) is 0.670. The van der Waals surface area contributed by atoms with Crippen molar-refractivity contribution in [3.8, 4) is 0 Å². The van der Waals surface area contributed by atoms with Crippen molar-refractivity contribution in [3.63, 3.8) is 0 Å². The van der Waals surface area contributed by atoms with E-state index >= 15 is 0 Å². The molecule has 2 N–H and O–H groups in total. The molecule has 0 saturated heterocycles. The molecule has 0 bridgehead atoms. The highest BCUT2D eigenvalue weighted by atomic mass is 19.4. The SMILES string of the molecule is Cc1n[nH]c(=O)nc1N/N=C/c1cccc(C(F)(F)F)c1. The molecule has 2 aromatic rings.